The molecular formula is C12H13NOS2. The van der Waals surface area contributed by atoms with Crippen LogP contribution in [0.25, 0.3) is 10.6 Å². The Morgan fingerprint density at radius 2 is 2.25 bits per heavy atom. The van der Waals surface area contributed by atoms with E-state index in [1.165, 1.54) is 5.56 Å². The van der Waals surface area contributed by atoms with E-state index in [4.69, 9.17) is 4.74 Å². The van der Waals surface area contributed by atoms with Gasteiger partial charge in [0.25, 0.3) is 0 Å². The van der Waals surface area contributed by atoms with E-state index in [1.54, 1.807) is 18.4 Å². The first-order valence-corrected chi connectivity index (χ1v) is 6.46. The summed E-state index contributed by atoms with van der Waals surface area (Å²) in [7, 11) is 1.68. The third kappa shape index (κ3) is 2.23. The molecule has 0 atom stereocenters. The maximum Gasteiger partial charge on any atom is 0.129 e. The molecule has 16 heavy (non-hydrogen) atoms. The average molecular weight is 251 g/mol. The van der Waals surface area contributed by atoms with Gasteiger partial charge in [0.1, 0.15) is 10.8 Å². The molecule has 4 heteroatoms. The number of methoxy groups -OCH3 is 1. The van der Waals surface area contributed by atoms with Gasteiger partial charge in [0, 0.05) is 11.1 Å². The van der Waals surface area contributed by atoms with E-state index in [0.29, 0.717) is 5.75 Å². The van der Waals surface area contributed by atoms with E-state index in [1.807, 2.05) is 17.5 Å². The number of aryl methyl sites for hydroxylation is 1. The van der Waals surface area contributed by atoms with Gasteiger partial charge in [-0.3, -0.25) is 0 Å². The number of rotatable bonds is 3. The van der Waals surface area contributed by atoms with Crippen LogP contribution in [-0.2, 0) is 5.75 Å². The maximum atomic E-state index is 5.35. The fraction of sp³-hybridized carbons (Fsp3) is 0.250. The monoisotopic (exact) mass is 251 g/mol. The van der Waals surface area contributed by atoms with Crippen LogP contribution in [0.5, 0.6) is 5.75 Å². The average Bonchev–Trinajstić information content (AvgIpc) is 2.77. The van der Waals surface area contributed by atoms with E-state index in [-0.39, 0.29) is 0 Å². The number of nitrogens with zero attached hydrogens (tertiary/aromatic N) is 1. The molecule has 0 spiro atoms. The molecule has 0 aliphatic heterocycles. The van der Waals surface area contributed by atoms with Crippen LogP contribution < -0.4 is 4.74 Å². The summed E-state index contributed by atoms with van der Waals surface area (Å²) in [6, 6.07) is 6.11. The number of hydrogen-bond donors (Lipinski definition) is 1. The van der Waals surface area contributed by atoms with Crippen LogP contribution >= 0.6 is 24.0 Å². The van der Waals surface area contributed by atoms with Crippen molar-refractivity contribution in [3.8, 4) is 16.3 Å². The standard InChI is InChI=1S/C12H13NOS2/c1-8-3-4-11(14-2)10(5-8)12-13-9(6-15)7-16-12/h3-5,7,15H,6H2,1-2H3. The fourth-order valence-electron chi connectivity index (χ4n) is 1.49. The Morgan fingerprint density at radius 3 is 2.88 bits per heavy atom. The Labute approximate surface area is 105 Å². The van der Waals surface area contributed by atoms with Crippen molar-refractivity contribution in [2.24, 2.45) is 0 Å². The molecule has 1 heterocycles. The summed E-state index contributed by atoms with van der Waals surface area (Å²) in [5.41, 5.74) is 3.27. The Hall–Kier alpha value is -1.000. The third-order valence-corrected chi connectivity index (χ3v) is 3.55. The molecule has 0 unspecified atom stereocenters. The van der Waals surface area contributed by atoms with Gasteiger partial charge in [-0.15, -0.1) is 11.3 Å². The van der Waals surface area contributed by atoms with Gasteiger partial charge in [-0.05, 0) is 19.1 Å². The van der Waals surface area contributed by atoms with Gasteiger partial charge in [-0.2, -0.15) is 12.6 Å². The van der Waals surface area contributed by atoms with Crippen molar-refractivity contribution < 1.29 is 4.74 Å². The van der Waals surface area contributed by atoms with Gasteiger partial charge in [0.2, 0.25) is 0 Å². The molecule has 0 aliphatic rings. The molecular weight excluding hydrogens is 238 g/mol. The number of hydrogen-bond acceptors (Lipinski definition) is 4. The molecule has 2 nitrogen and oxygen atoms in total. The van der Waals surface area contributed by atoms with Gasteiger partial charge >= 0.3 is 0 Å². The van der Waals surface area contributed by atoms with Crippen LogP contribution in [0.2, 0.25) is 0 Å². The molecule has 0 amide bonds. The highest BCUT2D eigenvalue weighted by molar-refractivity contribution is 7.79. The summed E-state index contributed by atoms with van der Waals surface area (Å²) in [5.74, 6) is 1.54. The molecule has 0 aliphatic carbocycles. The minimum absolute atomic E-state index is 0.671. The summed E-state index contributed by atoms with van der Waals surface area (Å²) in [5, 5.41) is 3.02. The smallest absolute Gasteiger partial charge is 0.129 e. The topological polar surface area (TPSA) is 22.1 Å². The lowest BCUT2D eigenvalue weighted by Crippen LogP contribution is -1.88. The molecule has 0 saturated carbocycles. The minimum atomic E-state index is 0.671. The third-order valence-electron chi connectivity index (χ3n) is 2.30. The quantitative estimate of drug-likeness (QED) is 0.843. The lowest BCUT2D eigenvalue weighted by Gasteiger charge is -2.06. The van der Waals surface area contributed by atoms with Crippen LogP contribution in [-0.4, -0.2) is 12.1 Å². The summed E-state index contributed by atoms with van der Waals surface area (Å²) in [6.07, 6.45) is 0. The Bertz CT molecular complexity index is 494. The number of thiol groups is 1. The second-order valence-electron chi connectivity index (χ2n) is 3.51. The van der Waals surface area contributed by atoms with Crippen molar-refractivity contribution in [3.05, 3.63) is 34.8 Å². The zero-order valence-electron chi connectivity index (χ0n) is 9.23. The minimum Gasteiger partial charge on any atom is -0.496 e. The largest absolute Gasteiger partial charge is 0.496 e. The maximum absolute atomic E-state index is 5.35. The molecule has 1 aromatic heterocycles. The molecule has 0 fully saturated rings. The Balaban J connectivity index is 2.49. The lowest BCUT2D eigenvalue weighted by molar-refractivity contribution is 0.416. The van der Waals surface area contributed by atoms with Crippen LogP contribution in [0.15, 0.2) is 23.6 Å². The number of thiazole rings is 1. The van der Waals surface area contributed by atoms with Gasteiger partial charge in [0.05, 0.1) is 18.4 Å². The van der Waals surface area contributed by atoms with Crippen molar-refractivity contribution in [1.29, 1.82) is 0 Å². The van der Waals surface area contributed by atoms with E-state index < -0.39 is 0 Å². The zero-order chi connectivity index (χ0) is 11.5. The summed E-state index contributed by atoms with van der Waals surface area (Å²) < 4.78 is 5.35. The van der Waals surface area contributed by atoms with Crippen molar-refractivity contribution in [2.75, 3.05) is 7.11 Å². The zero-order valence-corrected chi connectivity index (χ0v) is 10.9. The van der Waals surface area contributed by atoms with Crippen LogP contribution in [0, 0.1) is 6.92 Å². The molecule has 2 aromatic rings. The van der Waals surface area contributed by atoms with E-state index in [0.717, 1.165) is 22.0 Å². The fourth-order valence-corrected chi connectivity index (χ4v) is 2.62. The van der Waals surface area contributed by atoms with E-state index >= 15 is 0 Å². The molecule has 0 saturated heterocycles. The van der Waals surface area contributed by atoms with Gasteiger partial charge in [-0.1, -0.05) is 11.6 Å². The first kappa shape index (κ1) is 11.5. The van der Waals surface area contributed by atoms with Crippen LogP contribution in [0.4, 0.5) is 0 Å². The van der Waals surface area contributed by atoms with Crippen molar-refractivity contribution in [3.63, 3.8) is 0 Å². The second kappa shape index (κ2) is 4.89. The van der Waals surface area contributed by atoms with E-state index in [9.17, 15) is 0 Å². The number of benzene rings is 1. The van der Waals surface area contributed by atoms with Crippen molar-refractivity contribution >= 4 is 24.0 Å². The summed E-state index contributed by atoms with van der Waals surface area (Å²) in [6.45, 7) is 2.07. The molecule has 84 valence electrons. The normalized spacial score (nSPS) is 10.4. The van der Waals surface area contributed by atoms with Gasteiger partial charge in [-0.25, -0.2) is 4.98 Å². The predicted octanol–water partition coefficient (Wildman–Crippen LogP) is 3.56. The summed E-state index contributed by atoms with van der Waals surface area (Å²) in [4.78, 5) is 4.51. The number of aromatic nitrogens is 1. The molecule has 0 N–H and O–H groups in total. The lowest BCUT2D eigenvalue weighted by atomic mass is 10.1. The highest BCUT2D eigenvalue weighted by Gasteiger charge is 2.09. The Kier molecular flexibility index (Phi) is 3.51. The highest BCUT2D eigenvalue weighted by Crippen LogP contribution is 2.33. The van der Waals surface area contributed by atoms with Crippen molar-refractivity contribution in [1.82, 2.24) is 4.98 Å². The number of ether oxygens (including phenoxy) is 1. The first-order valence-electron chi connectivity index (χ1n) is 4.95. The van der Waals surface area contributed by atoms with Gasteiger partial charge < -0.3 is 4.74 Å². The first-order chi connectivity index (χ1) is 7.74. The van der Waals surface area contributed by atoms with Crippen LogP contribution in [0.1, 0.15) is 11.3 Å². The highest BCUT2D eigenvalue weighted by atomic mass is 32.1. The molecule has 0 bridgehead atoms. The van der Waals surface area contributed by atoms with E-state index in [2.05, 4.69) is 30.6 Å². The molecule has 2 rings (SSSR count). The SMILES string of the molecule is COc1ccc(C)cc1-c1nc(CS)cs1. The van der Waals surface area contributed by atoms with Gasteiger partial charge in [0.15, 0.2) is 0 Å². The molecule has 1 aromatic carbocycles. The van der Waals surface area contributed by atoms with Crippen molar-refractivity contribution in [2.45, 2.75) is 12.7 Å². The van der Waals surface area contributed by atoms with Crippen LogP contribution in [0.3, 0.4) is 0 Å². The second-order valence-corrected chi connectivity index (χ2v) is 4.68. The Morgan fingerprint density at radius 1 is 1.44 bits per heavy atom. The summed E-state index contributed by atoms with van der Waals surface area (Å²) >= 11 is 5.84. The predicted molar refractivity (Wildman–Crippen MR) is 71.5 cm³/mol. The molecule has 0 radical (unpaired) electrons.